The summed E-state index contributed by atoms with van der Waals surface area (Å²) in [6.07, 6.45) is 42.5. The van der Waals surface area contributed by atoms with Crippen molar-refractivity contribution >= 4 is 65.7 Å². The number of benzene rings is 3. The molecule has 3 aromatic carbocycles. The molecule has 5 aromatic rings. The Balaban J connectivity index is 1.35. The molecule has 0 aliphatic heterocycles. The van der Waals surface area contributed by atoms with Crippen LogP contribution in [0.25, 0.3) is 44.6 Å². The topological polar surface area (TPSA) is 70.0 Å². The highest BCUT2D eigenvalue weighted by Crippen LogP contribution is 2.41. The van der Waals surface area contributed by atoms with Crippen LogP contribution in [0, 0.1) is 11.8 Å². The Hall–Kier alpha value is -2.62. The molecular weight excluding hydrogens is 1000 g/mol. The van der Waals surface area contributed by atoms with Crippen LogP contribution >= 0.6 is 43.6 Å². The monoisotopic (exact) mass is 1090 g/mol. The molecule has 0 radical (unpaired) electrons. The lowest BCUT2D eigenvalue weighted by Gasteiger charge is -2.19. The SMILES string of the molecule is CCCCCCCCCCC(CCCCCCCC)COc1cccc(-c2nc3c(Br)c4nsnc4c(Br)c3nc2-c2cccc(OCC(CCCCCCCC)CCCCCCCCCC)c2)c1. The molecule has 2 atom stereocenters. The van der Waals surface area contributed by atoms with Gasteiger partial charge in [-0.1, -0.05) is 232 Å². The minimum atomic E-state index is 0.562. The molecule has 0 aliphatic rings. The normalized spacial score (nSPS) is 12.6. The molecule has 382 valence electrons. The van der Waals surface area contributed by atoms with Crippen LogP contribution < -0.4 is 9.47 Å². The van der Waals surface area contributed by atoms with E-state index < -0.39 is 0 Å². The molecule has 6 nitrogen and oxygen atoms in total. The number of ether oxygens (including phenoxy) is 2. The number of halogens is 2. The van der Waals surface area contributed by atoms with Gasteiger partial charge in [0.15, 0.2) is 0 Å². The summed E-state index contributed by atoms with van der Waals surface area (Å²) in [7, 11) is 0. The molecule has 0 saturated carbocycles. The fourth-order valence-electron chi connectivity index (χ4n) is 9.92. The lowest BCUT2D eigenvalue weighted by Crippen LogP contribution is -2.13. The highest BCUT2D eigenvalue weighted by atomic mass is 79.9. The Morgan fingerprint density at radius 2 is 0.710 bits per heavy atom. The van der Waals surface area contributed by atoms with Gasteiger partial charge in [0.25, 0.3) is 0 Å². The van der Waals surface area contributed by atoms with Crippen molar-refractivity contribution in [1.82, 2.24) is 18.7 Å². The van der Waals surface area contributed by atoms with Gasteiger partial charge in [0, 0.05) is 11.1 Å². The predicted octanol–water partition coefficient (Wildman–Crippen LogP) is 21.0. The molecule has 0 aliphatic carbocycles. The van der Waals surface area contributed by atoms with Crippen molar-refractivity contribution in [3.05, 3.63) is 57.5 Å². The zero-order chi connectivity index (χ0) is 48.7. The summed E-state index contributed by atoms with van der Waals surface area (Å²) in [4.78, 5) is 10.9. The smallest absolute Gasteiger partial charge is 0.122 e. The Morgan fingerprint density at radius 3 is 1.03 bits per heavy atom. The Bertz CT molecular complexity index is 2000. The van der Waals surface area contributed by atoms with Crippen molar-refractivity contribution in [2.24, 2.45) is 11.8 Å². The maximum Gasteiger partial charge on any atom is 0.122 e. The molecule has 9 heteroatoms. The number of hydrogen-bond donors (Lipinski definition) is 0. The number of rotatable bonds is 40. The van der Waals surface area contributed by atoms with E-state index in [4.69, 9.17) is 19.4 Å². The number of fused-ring (bicyclic) bond motifs is 2. The first-order valence-electron chi connectivity index (χ1n) is 28.2. The van der Waals surface area contributed by atoms with E-state index in [1.807, 2.05) is 0 Å². The van der Waals surface area contributed by atoms with E-state index >= 15 is 0 Å². The van der Waals surface area contributed by atoms with Crippen molar-refractivity contribution in [3.63, 3.8) is 0 Å². The molecule has 5 rings (SSSR count). The van der Waals surface area contributed by atoms with Crippen LogP contribution in [0.5, 0.6) is 11.5 Å². The van der Waals surface area contributed by atoms with Crippen LogP contribution in [0.2, 0.25) is 0 Å². The van der Waals surface area contributed by atoms with Crippen LogP contribution in [-0.2, 0) is 0 Å². The summed E-state index contributed by atoms with van der Waals surface area (Å²) < 4.78 is 24.4. The minimum absolute atomic E-state index is 0.562. The van der Waals surface area contributed by atoms with Crippen molar-refractivity contribution in [3.8, 4) is 34.0 Å². The van der Waals surface area contributed by atoms with Gasteiger partial charge in [-0.2, -0.15) is 8.75 Å². The lowest BCUT2D eigenvalue weighted by molar-refractivity contribution is 0.224. The highest BCUT2D eigenvalue weighted by molar-refractivity contribution is 9.11. The van der Waals surface area contributed by atoms with Crippen molar-refractivity contribution < 1.29 is 9.47 Å². The third-order valence-electron chi connectivity index (χ3n) is 14.3. The van der Waals surface area contributed by atoms with E-state index in [2.05, 4.69) is 117 Å². The summed E-state index contributed by atoms with van der Waals surface area (Å²) in [5, 5.41) is 0. The Morgan fingerprint density at radius 1 is 0.406 bits per heavy atom. The van der Waals surface area contributed by atoms with Gasteiger partial charge in [-0.05, 0) is 93.6 Å². The summed E-state index contributed by atoms with van der Waals surface area (Å²) in [5.74, 6) is 2.89. The van der Waals surface area contributed by atoms with Crippen molar-refractivity contribution in [2.75, 3.05) is 13.2 Å². The largest absolute Gasteiger partial charge is 0.493 e. The van der Waals surface area contributed by atoms with E-state index in [-0.39, 0.29) is 0 Å². The van der Waals surface area contributed by atoms with Gasteiger partial charge < -0.3 is 9.47 Å². The van der Waals surface area contributed by atoms with E-state index in [1.54, 1.807) is 0 Å². The quantitative estimate of drug-likeness (QED) is 0.0364. The maximum atomic E-state index is 6.76. The lowest BCUT2D eigenvalue weighted by atomic mass is 9.94. The van der Waals surface area contributed by atoms with E-state index in [0.29, 0.717) is 11.8 Å². The number of nitrogens with zero attached hydrogens (tertiary/aromatic N) is 4. The zero-order valence-electron chi connectivity index (χ0n) is 43.6. The molecule has 69 heavy (non-hydrogen) atoms. The van der Waals surface area contributed by atoms with Crippen molar-refractivity contribution in [1.29, 1.82) is 0 Å². The summed E-state index contributed by atoms with van der Waals surface area (Å²) in [5.41, 5.74) is 6.64. The molecular formula is C60H90Br2N4O2S. The Labute approximate surface area is 440 Å². The molecule has 0 bridgehead atoms. The summed E-state index contributed by atoms with van der Waals surface area (Å²) in [6.45, 7) is 10.7. The van der Waals surface area contributed by atoms with Crippen LogP contribution in [0.4, 0.5) is 0 Å². The molecule has 0 spiro atoms. The number of unbranched alkanes of at least 4 members (excludes halogenated alkanes) is 24. The Kier molecular flexibility index (Phi) is 28.8. The number of aromatic nitrogens is 4. The van der Waals surface area contributed by atoms with Crippen LogP contribution in [0.3, 0.4) is 0 Å². The first-order valence-corrected chi connectivity index (χ1v) is 30.6. The molecule has 2 aromatic heterocycles. The third kappa shape index (κ3) is 20.4. The fraction of sp³-hybridized carbons (Fsp3) is 0.667. The molecule has 0 fully saturated rings. The summed E-state index contributed by atoms with van der Waals surface area (Å²) in [6, 6.07) is 17.1. The van der Waals surface area contributed by atoms with Gasteiger partial charge in [0.2, 0.25) is 0 Å². The molecule has 0 N–H and O–H groups in total. The standard InChI is InChI=1S/C60H90Br2N4O2S/c1-5-9-13-17-21-23-27-31-37-47(35-29-25-19-15-11-7-3)45-67-51-41-33-39-49(43-51)55-56(64-58-54(62)60-59(65-69-66-60)53(61)57(58)63-55)50-40-34-42-52(44-50)68-46-48(36-30-26-20-16-12-8-4)38-32-28-24-22-18-14-10-6-2/h33-34,39-44,47-48H,5-32,35-38,45-46H2,1-4H3. The van der Waals surface area contributed by atoms with Gasteiger partial charge in [0.05, 0.1) is 45.3 Å². The first-order chi connectivity index (χ1) is 34.0. The molecule has 0 amide bonds. The van der Waals surface area contributed by atoms with Crippen molar-refractivity contribution in [2.45, 2.75) is 233 Å². The maximum absolute atomic E-state index is 6.76. The van der Waals surface area contributed by atoms with Crippen LogP contribution in [0.15, 0.2) is 57.5 Å². The first kappa shape index (κ1) is 57.3. The highest BCUT2D eigenvalue weighted by Gasteiger charge is 2.22. The van der Waals surface area contributed by atoms with Gasteiger partial charge >= 0.3 is 0 Å². The average Bonchev–Trinajstić information content (AvgIpc) is 3.88. The van der Waals surface area contributed by atoms with E-state index in [9.17, 15) is 0 Å². The second-order valence-corrected chi connectivity index (χ2v) is 22.4. The zero-order valence-corrected chi connectivity index (χ0v) is 47.6. The average molecular weight is 1090 g/mol. The number of hydrogen-bond acceptors (Lipinski definition) is 7. The van der Waals surface area contributed by atoms with E-state index in [0.717, 1.165) is 78.2 Å². The second-order valence-electron chi connectivity index (χ2n) is 20.3. The summed E-state index contributed by atoms with van der Waals surface area (Å²) >= 11 is 8.95. The predicted molar refractivity (Wildman–Crippen MR) is 305 cm³/mol. The van der Waals surface area contributed by atoms with Crippen LogP contribution in [-0.4, -0.2) is 31.9 Å². The molecule has 2 unspecified atom stereocenters. The van der Waals surface area contributed by atoms with Gasteiger partial charge in [0.1, 0.15) is 33.6 Å². The van der Waals surface area contributed by atoms with Gasteiger partial charge in [-0.3, -0.25) is 0 Å². The molecule has 0 saturated heterocycles. The molecule has 2 heterocycles. The van der Waals surface area contributed by atoms with Crippen LogP contribution in [0.1, 0.15) is 233 Å². The minimum Gasteiger partial charge on any atom is -0.493 e. The van der Waals surface area contributed by atoms with Gasteiger partial charge in [-0.25, -0.2) is 9.97 Å². The second kappa shape index (κ2) is 34.7. The van der Waals surface area contributed by atoms with Gasteiger partial charge in [-0.15, -0.1) is 0 Å². The third-order valence-corrected chi connectivity index (χ3v) is 16.3. The van der Waals surface area contributed by atoms with E-state index in [1.165, 1.54) is 217 Å². The fourth-order valence-corrected chi connectivity index (χ4v) is 11.8.